The van der Waals surface area contributed by atoms with Crippen LogP contribution in [0, 0.1) is 0 Å². The second-order valence-electron chi connectivity index (χ2n) is 2.88. The Morgan fingerprint density at radius 3 is 2.54 bits per heavy atom. The fourth-order valence-corrected chi connectivity index (χ4v) is 0.943. The fraction of sp³-hybridized carbons (Fsp3) is 0.750. The van der Waals surface area contributed by atoms with Crippen molar-refractivity contribution in [3.63, 3.8) is 0 Å². The van der Waals surface area contributed by atoms with E-state index in [1.165, 1.54) is 0 Å². The van der Waals surface area contributed by atoms with Crippen molar-refractivity contribution >= 4 is 11.7 Å². The van der Waals surface area contributed by atoms with Gasteiger partial charge in [0.2, 0.25) is 0 Å². The molecule has 0 aromatic carbocycles. The standard InChI is InChI=1S/C8H18N4O/c1-2-7(13)6(9)4-3-5-12-8(10)11/h6H,2-5,9H2,1H3,(H4,10,11,12)/t6-/m1/s1. The van der Waals surface area contributed by atoms with Crippen molar-refractivity contribution in [3.05, 3.63) is 0 Å². The molecule has 0 aliphatic heterocycles. The molecule has 6 N–H and O–H groups in total. The van der Waals surface area contributed by atoms with Crippen LogP contribution in [0.25, 0.3) is 0 Å². The number of rotatable bonds is 6. The van der Waals surface area contributed by atoms with Crippen molar-refractivity contribution < 1.29 is 4.79 Å². The molecular weight excluding hydrogens is 168 g/mol. The lowest BCUT2D eigenvalue weighted by Gasteiger charge is -2.07. The second-order valence-corrected chi connectivity index (χ2v) is 2.88. The number of carbonyl (C=O) groups is 1. The molecule has 0 aliphatic rings. The average Bonchev–Trinajstić information content (AvgIpc) is 2.10. The lowest BCUT2D eigenvalue weighted by molar-refractivity contribution is -0.120. The van der Waals surface area contributed by atoms with Gasteiger partial charge >= 0.3 is 0 Å². The topological polar surface area (TPSA) is 107 Å². The van der Waals surface area contributed by atoms with Crippen LogP contribution in [-0.4, -0.2) is 24.3 Å². The fourth-order valence-electron chi connectivity index (χ4n) is 0.943. The van der Waals surface area contributed by atoms with Gasteiger partial charge in [-0.2, -0.15) is 0 Å². The number of nitrogens with zero attached hydrogens (tertiary/aromatic N) is 1. The smallest absolute Gasteiger partial charge is 0.185 e. The van der Waals surface area contributed by atoms with Gasteiger partial charge in [0, 0.05) is 13.0 Å². The third-order valence-corrected chi connectivity index (χ3v) is 1.73. The molecule has 0 unspecified atom stereocenters. The van der Waals surface area contributed by atoms with Gasteiger partial charge in [-0.05, 0) is 12.8 Å². The molecule has 1 atom stereocenters. The first kappa shape index (κ1) is 11.9. The molecule has 0 spiro atoms. The number of hydrogen-bond acceptors (Lipinski definition) is 3. The maximum absolute atomic E-state index is 11.0. The molecule has 5 heteroatoms. The highest BCUT2D eigenvalue weighted by molar-refractivity contribution is 5.83. The molecule has 5 nitrogen and oxygen atoms in total. The zero-order chi connectivity index (χ0) is 10.3. The van der Waals surface area contributed by atoms with Gasteiger partial charge in [-0.3, -0.25) is 9.79 Å². The van der Waals surface area contributed by atoms with Gasteiger partial charge in [-0.1, -0.05) is 6.92 Å². The van der Waals surface area contributed by atoms with E-state index in [1.54, 1.807) is 6.92 Å². The molecule has 0 rings (SSSR count). The number of carbonyl (C=O) groups excluding carboxylic acids is 1. The number of Topliss-reactive ketones (excluding diaryl/α,β-unsaturated/α-hetero) is 1. The van der Waals surface area contributed by atoms with E-state index in [4.69, 9.17) is 17.2 Å². The Labute approximate surface area is 78.4 Å². The molecule has 0 saturated heterocycles. The number of guanidine groups is 1. The van der Waals surface area contributed by atoms with Crippen LogP contribution < -0.4 is 17.2 Å². The minimum absolute atomic E-state index is 0.0791. The van der Waals surface area contributed by atoms with E-state index in [2.05, 4.69) is 4.99 Å². The van der Waals surface area contributed by atoms with Crippen molar-refractivity contribution in [3.8, 4) is 0 Å². The maximum Gasteiger partial charge on any atom is 0.185 e. The molecule has 0 saturated carbocycles. The SMILES string of the molecule is CCC(=O)[C@H](N)CCCN=C(N)N. The van der Waals surface area contributed by atoms with E-state index in [0.717, 1.165) is 6.42 Å². The predicted octanol–water partition coefficient (Wildman–Crippen LogP) is -0.654. The van der Waals surface area contributed by atoms with Gasteiger partial charge in [0.15, 0.2) is 5.96 Å². The number of nitrogens with two attached hydrogens (primary N) is 3. The monoisotopic (exact) mass is 186 g/mol. The zero-order valence-corrected chi connectivity index (χ0v) is 7.99. The van der Waals surface area contributed by atoms with Crippen LogP contribution in [0.15, 0.2) is 4.99 Å². The summed E-state index contributed by atoms with van der Waals surface area (Å²) in [5, 5.41) is 0. The summed E-state index contributed by atoms with van der Waals surface area (Å²) < 4.78 is 0. The Hall–Kier alpha value is -1.10. The van der Waals surface area contributed by atoms with Crippen LogP contribution in [0.4, 0.5) is 0 Å². The second kappa shape index (κ2) is 6.42. The molecular formula is C8H18N4O. The summed E-state index contributed by atoms with van der Waals surface area (Å²) in [5.74, 6) is 0.167. The number of hydrogen-bond donors (Lipinski definition) is 3. The lowest BCUT2D eigenvalue weighted by atomic mass is 10.1. The molecule has 0 aliphatic carbocycles. The molecule has 0 bridgehead atoms. The minimum Gasteiger partial charge on any atom is -0.370 e. The largest absolute Gasteiger partial charge is 0.370 e. The van der Waals surface area contributed by atoms with Gasteiger partial charge in [-0.15, -0.1) is 0 Å². The summed E-state index contributed by atoms with van der Waals surface area (Å²) in [5.41, 5.74) is 15.8. The van der Waals surface area contributed by atoms with Crippen molar-refractivity contribution in [2.75, 3.05) is 6.54 Å². The highest BCUT2D eigenvalue weighted by Crippen LogP contribution is 1.98. The number of ketones is 1. The first-order valence-corrected chi connectivity index (χ1v) is 4.41. The zero-order valence-electron chi connectivity index (χ0n) is 7.99. The minimum atomic E-state index is -0.362. The van der Waals surface area contributed by atoms with E-state index >= 15 is 0 Å². The van der Waals surface area contributed by atoms with Crippen molar-refractivity contribution in [2.24, 2.45) is 22.2 Å². The molecule has 0 radical (unpaired) electrons. The summed E-state index contributed by atoms with van der Waals surface area (Å²) in [6.07, 6.45) is 1.87. The van der Waals surface area contributed by atoms with Crippen LogP contribution in [-0.2, 0) is 4.79 Å². The van der Waals surface area contributed by atoms with E-state index in [-0.39, 0.29) is 17.8 Å². The van der Waals surface area contributed by atoms with Gasteiger partial charge in [0.25, 0.3) is 0 Å². The van der Waals surface area contributed by atoms with E-state index in [1.807, 2.05) is 0 Å². The Balaban J connectivity index is 3.53. The summed E-state index contributed by atoms with van der Waals surface area (Å²) in [4.78, 5) is 14.8. The molecule has 76 valence electrons. The Morgan fingerprint density at radius 2 is 2.08 bits per heavy atom. The van der Waals surface area contributed by atoms with Crippen LogP contribution in [0.1, 0.15) is 26.2 Å². The van der Waals surface area contributed by atoms with Crippen LogP contribution in [0.5, 0.6) is 0 Å². The first-order valence-electron chi connectivity index (χ1n) is 4.41. The lowest BCUT2D eigenvalue weighted by Crippen LogP contribution is -2.30. The molecule has 0 aromatic heterocycles. The molecule has 0 fully saturated rings. The molecule has 13 heavy (non-hydrogen) atoms. The highest BCUT2D eigenvalue weighted by Gasteiger charge is 2.09. The number of aliphatic imine (C=N–C) groups is 1. The Morgan fingerprint density at radius 1 is 1.46 bits per heavy atom. The summed E-state index contributed by atoms with van der Waals surface area (Å²) >= 11 is 0. The van der Waals surface area contributed by atoms with Gasteiger partial charge in [-0.25, -0.2) is 0 Å². The maximum atomic E-state index is 11.0. The molecule has 0 amide bonds. The highest BCUT2D eigenvalue weighted by atomic mass is 16.1. The van der Waals surface area contributed by atoms with E-state index < -0.39 is 0 Å². The Kier molecular flexibility index (Phi) is 5.88. The quantitative estimate of drug-likeness (QED) is 0.291. The third-order valence-electron chi connectivity index (χ3n) is 1.73. The van der Waals surface area contributed by atoms with Crippen LogP contribution >= 0.6 is 0 Å². The molecule has 0 aromatic rings. The van der Waals surface area contributed by atoms with E-state index in [0.29, 0.717) is 19.4 Å². The van der Waals surface area contributed by atoms with Gasteiger partial charge in [0.05, 0.1) is 6.04 Å². The predicted molar refractivity (Wildman–Crippen MR) is 53.2 cm³/mol. The normalized spacial score (nSPS) is 12.2. The summed E-state index contributed by atoms with van der Waals surface area (Å²) in [7, 11) is 0. The van der Waals surface area contributed by atoms with Gasteiger partial charge in [0.1, 0.15) is 5.78 Å². The van der Waals surface area contributed by atoms with Crippen LogP contribution in [0.2, 0.25) is 0 Å². The first-order chi connectivity index (χ1) is 6.07. The summed E-state index contributed by atoms with van der Waals surface area (Å²) in [6.45, 7) is 2.34. The van der Waals surface area contributed by atoms with Crippen molar-refractivity contribution in [1.82, 2.24) is 0 Å². The van der Waals surface area contributed by atoms with E-state index in [9.17, 15) is 4.79 Å². The average molecular weight is 186 g/mol. The molecule has 0 heterocycles. The van der Waals surface area contributed by atoms with Crippen molar-refractivity contribution in [2.45, 2.75) is 32.2 Å². The van der Waals surface area contributed by atoms with Crippen LogP contribution in [0.3, 0.4) is 0 Å². The third kappa shape index (κ3) is 6.10. The van der Waals surface area contributed by atoms with Crippen molar-refractivity contribution in [1.29, 1.82) is 0 Å². The Bertz CT molecular complexity index is 187. The summed E-state index contributed by atoms with van der Waals surface area (Å²) in [6, 6.07) is -0.362. The van der Waals surface area contributed by atoms with Gasteiger partial charge < -0.3 is 17.2 Å².